The van der Waals surface area contributed by atoms with Gasteiger partial charge in [0.15, 0.2) is 0 Å². The minimum absolute atomic E-state index is 0.168. The van der Waals surface area contributed by atoms with Crippen LogP contribution < -0.4 is 15.4 Å². The highest BCUT2D eigenvalue weighted by molar-refractivity contribution is 6.05. The molecule has 0 saturated heterocycles. The van der Waals surface area contributed by atoms with Crippen LogP contribution in [0, 0.1) is 6.92 Å². The number of methoxy groups -OCH3 is 1. The SMILES string of the molecule is COc1ccc(/C=C(\NC(=O)c2ccc(C)cc2)C(=O)NCc2ccccc2)cc1. The van der Waals surface area contributed by atoms with Crippen LogP contribution >= 0.6 is 0 Å². The van der Waals surface area contributed by atoms with Gasteiger partial charge in [-0.3, -0.25) is 9.59 Å². The summed E-state index contributed by atoms with van der Waals surface area (Å²) in [5, 5.41) is 5.61. The van der Waals surface area contributed by atoms with E-state index in [1.165, 1.54) is 0 Å². The molecule has 0 unspecified atom stereocenters. The van der Waals surface area contributed by atoms with Gasteiger partial charge in [-0.1, -0.05) is 60.2 Å². The van der Waals surface area contributed by atoms with Gasteiger partial charge in [0.25, 0.3) is 11.8 Å². The van der Waals surface area contributed by atoms with Crippen molar-refractivity contribution in [1.82, 2.24) is 10.6 Å². The van der Waals surface area contributed by atoms with Crippen molar-refractivity contribution in [3.05, 3.63) is 107 Å². The van der Waals surface area contributed by atoms with Crippen LogP contribution in [0.25, 0.3) is 6.08 Å². The first-order chi connectivity index (χ1) is 14.5. The van der Waals surface area contributed by atoms with Crippen LogP contribution in [0.1, 0.15) is 27.0 Å². The molecule has 0 aliphatic rings. The van der Waals surface area contributed by atoms with E-state index in [-0.39, 0.29) is 17.5 Å². The highest BCUT2D eigenvalue weighted by Crippen LogP contribution is 2.14. The standard InChI is InChI=1S/C25H24N2O3/c1-18-8-12-21(13-9-18)24(28)27-23(16-19-10-14-22(30-2)15-11-19)25(29)26-17-20-6-4-3-5-7-20/h3-16H,17H2,1-2H3,(H,26,29)(H,27,28)/b23-16-. The molecule has 5 heteroatoms. The number of hydrogen-bond acceptors (Lipinski definition) is 3. The lowest BCUT2D eigenvalue weighted by atomic mass is 10.1. The van der Waals surface area contributed by atoms with E-state index in [1.807, 2.05) is 61.5 Å². The van der Waals surface area contributed by atoms with Crippen molar-refractivity contribution >= 4 is 17.9 Å². The summed E-state index contributed by atoms with van der Waals surface area (Å²) in [6, 6.07) is 24.0. The maximum atomic E-state index is 12.8. The van der Waals surface area contributed by atoms with E-state index in [0.717, 1.165) is 16.7 Å². The maximum absolute atomic E-state index is 12.8. The zero-order valence-electron chi connectivity index (χ0n) is 17.0. The summed E-state index contributed by atoms with van der Waals surface area (Å²) in [6.07, 6.45) is 1.64. The molecule has 0 bridgehead atoms. The normalized spacial score (nSPS) is 10.9. The van der Waals surface area contributed by atoms with Gasteiger partial charge in [0.2, 0.25) is 0 Å². The van der Waals surface area contributed by atoms with E-state index in [0.29, 0.717) is 17.9 Å². The summed E-state index contributed by atoms with van der Waals surface area (Å²) in [6.45, 7) is 2.31. The summed E-state index contributed by atoms with van der Waals surface area (Å²) in [7, 11) is 1.59. The van der Waals surface area contributed by atoms with Crippen molar-refractivity contribution in [2.45, 2.75) is 13.5 Å². The second-order valence-electron chi connectivity index (χ2n) is 6.82. The molecule has 0 aliphatic heterocycles. The topological polar surface area (TPSA) is 67.4 Å². The van der Waals surface area contributed by atoms with Crippen molar-refractivity contribution in [1.29, 1.82) is 0 Å². The Morgan fingerprint density at radius 1 is 0.900 bits per heavy atom. The van der Waals surface area contributed by atoms with Gasteiger partial charge in [0.05, 0.1) is 7.11 Å². The summed E-state index contributed by atoms with van der Waals surface area (Å²) in [4.78, 5) is 25.5. The Morgan fingerprint density at radius 3 is 2.20 bits per heavy atom. The van der Waals surface area contributed by atoms with Crippen molar-refractivity contribution in [2.24, 2.45) is 0 Å². The second kappa shape index (κ2) is 10.1. The number of carbonyl (C=O) groups is 2. The lowest BCUT2D eigenvalue weighted by Crippen LogP contribution is -2.34. The Labute approximate surface area is 176 Å². The molecule has 2 N–H and O–H groups in total. The number of benzene rings is 3. The smallest absolute Gasteiger partial charge is 0.268 e. The molecule has 0 aliphatic carbocycles. The Hall–Kier alpha value is -3.86. The Bertz CT molecular complexity index is 1020. The number of nitrogens with one attached hydrogen (secondary N) is 2. The molecule has 0 spiro atoms. The molecule has 2 amide bonds. The van der Waals surface area contributed by atoms with Gasteiger partial charge >= 0.3 is 0 Å². The zero-order chi connectivity index (χ0) is 21.3. The number of amides is 2. The molecule has 3 rings (SSSR count). The van der Waals surface area contributed by atoms with Crippen LogP contribution in [0.4, 0.5) is 0 Å². The molecule has 152 valence electrons. The summed E-state index contributed by atoms with van der Waals surface area (Å²) < 4.78 is 5.17. The predicted molar refractivity (Wildman–Crippen MR) is 118 cm³/mol. The highest BCUT2D eigenvalue weighted by atomic mass is 16.5. The fourth-order valence-electron chi connectivity index (χ4n) is 2.80. The predicted octanol–water partition coefficient (Wildman–Crippen LogP) is 4.09. The molecule has 3 aromatic rings. The maximum Gasteiger partial charge on any atom is 0.268 e. The Morgan fingerprint density at radius 2 is 1.57 bits per heavy atom. The molecule has 0 saturated carbocycles. The molecule has 0 atom stereocenters. The lowest BCUT2D eigenvalue weighted by Gasteiger charge is -2.12. The Kier molecular flexibility index (Phi) is 7.00. The highest BCUT2D eigenvalue weighted by Gasteiger charge is 2.14. The van der Waals surface area contributed by atoms with E-state index in [9.17, 15) is 9.59 Å². The molecule has 0 heterocycles. The van der Waals surface area contributed by atoms with Gasteiger partial charge in [-0.15, -0.1) is 0 Å². The minimum Gasteiger partial charge on any atom is -0.497 e. The van der Waals surface area contributed by atoms with Gasteiger partial charge in [-0.25, -0.2) is 0 Å². The molecule has 0 fully saturated rings. The Balaban J connectivity index is 1.81. The minimum atomic E-state index is -0.366. The number of aryl methyl sites for hydroxylation is 1. The molecule has 0 radical (unpaired) electrons. The van der Waals surface area contributed by atoms with E-state index >= 15 is 0 Å². The third-order valence-electron chi connectivity index (χ3n) is 4.53. The van der Waals surface area contributed by atoms with Crippen LogP contribution in [0.5, 0.6) is 5.75 Å². The zero-order valence-corrected chi connectivity index (χ0v) is 17.0. The van der Waals surface area contributed by atoms with Gasteiger partial charge in [-0.05, 0) is 48.4 Å². The monoisotopic (exact) mass is 400 g/mol. The van der Waals surface area contributed by atoms with Gasteiger partial charge < -0.3 is 15.4 Å². The summed E-state index contributed by atoms with van der Waals surface area (Å²) >= 11 is 0. The van der Waals surface area contributed by atoms with Crippen molar-refractivity contribution in [3.8, 4) is 5.75 Å². The average Bonchev–Trinajstić information content (AvgIpc) is 2.78. The van der Waals surface area contributed by atoms with Crippen molar-refractivity contribution in [2.75, 3.05) is 7.11 Å². The van der Waals surface area contributed by atoms with Crippen molar-refractivity contribution in [3.63, 3.8) is 0 Å². The third-order valence-corrected chi connectivity index (χ3v) is 4.53. The van der Waals surface area contributed by atoms with E-state index in [2.05, 4.69) is 10.6 Å². The fourth-order valence-corrected chi connectivity index (χ4v) is 2.80. The first-order valence-electron chi connectivity index (χ1n) is 9.61. The molecule has 5 nitrogen and oxygen atoms in total. The van der Waals surface area contributed by atoms with Crippen LogP contribution in [-0.4, -0.2) is 18.9 Å². The number of carbonyl (C=O) groups excluding carboxylic acids is 2. The summed E-state index contributed by atoms with van der Waals surface area (Å²) in [5.74, 6) is 0.00526. The molecule has 30 heavy (non-hydrogen) atoms. The fraction of sp³-hybridized carbons (Fsp3) is 0.120. The summed E-state index contributed by atoms with van der Waals surface area (Å²) in [5.41, 5.74) is 3.45. The van der Waals surface area contributed by atoms with E-state index in [1.54, 1.807) is 37.5 Å². The number of hydrogen-bond donors (Lipinski definition) is 2. The average molecular weight is 400 g/mol. The van der Waals surface area contributed by atoms with Crippen LogP contribution in [0.3, 0.4) is 0 Å². The van der Waals surface area contributed by atoms with E-state index < -0.39 is 0 Å². The van der Waals surface area contributed by atoms with Crippen LogP contribution in [-0.2, 0) is 11.3 Å². The first-order valence-corrected chi connectivity index (χ1v) is 9.61. The molecular weight excluding hydrogens is 376 g/mol. The van der Waals surface area contributed by atoms with Gasteiger partial charge in [0, 0.05) is 12.1 Å². The van der Waals surface area contributed by atoms with Crippen molar-refractivity contribution < 1.29 is 14.3 Å². The quantitative estimate of drug-likeness (QED) is 0.587. The first kappa shape index (κ1) is 20.9. The largest absolute Gasteiger partial charge is 0.497 e. The lowest BCUT2D eigenvalue weighted by molar-refractivity contribution is -0.117. The molecule has 3 aromatic carbocycles. The van der Waals surface area contributed by atoms with Crippen LogP contribution in [0.15, 0.2) is 84.6 Å². The number of ether oxygens (including phenoxy) is 1. The van der Waals surface area contributed by atoms with Gasteiger partial charge in [-0.2, -0.15) is 0 Å². The second-order valence-corrected chi connectivity index (χ2v) is 6.82. The molecular formula is C25H24N2O3. The van der Waals surface area contributed by atoms with Gasteiger partial charge in [0.1, 0.15) is 11.4 Å². The van der Waals surface area contributed by atoms with Crippen LogP contribution in [0.2, 0.25) is 0 Å². The molecule has 0 aromatic heterocycles. The number of rotatable bonds is 7. The van der Waals surface area contributed by atoms with E-state index in [4.69, 9.17) is 4.74 Å². The third kappa shape index (κ3) is 5.82.